The molecular weight excluding hydrogens is 258 g/mol. The van der Waals surface area contributed by atoms with Crippen LogP contribution in [-0.4, -0.2) is 58.0 Å². The quantitative estimate of drug-likeness (QED) is 0.605. The number of hydrogen-bond acceptors (Lipinski definition) is 4. The van der Waals surface area contributed by atoms with Crippen LogP contribution in [0.25, 0.3) is 0 Å². The van der Waals surface area contributed by atoms with Gasteiger partial charge in [0.1, 0.15) is 6.61 Å². The molecule has 106 valence electrons. The molecule has 0 aliphatic carbocycles. The molecule has 5 heteroatoms. The zero-order chi connectivity index (χ0) is 14.7. The van der Waals surface area contributed by atoms with E-state index in [0.717, 1.165) is 5.56 Å². The van der Waals surface area contributed by atoms with Gasteiger partial charge >= 0.3 is 0 Å². The Morgan fingerprint density at radius 2 is 1.95 bits per heavy atom. The lowest BCUT2D eigenvalue weighted by molar-refractivity contribution is 0.0572. The molecule has 2 unspecified atom stereocenters. The number of β-amino-alcohol motifs (C(OH)–C–C–N with tert-alkyl or cyclic N) is 2. The van der Waals surface area contributed by atoms with Gasteiger partial charge in [-0.15, -0.1) is 0 Å². The molecule has 0 saturated carbocycles. The van der Waals surface area contributed by atoms with E-state index in [1.54, 1.807) is 12.1 Å². The fourth-order valence-electron chi connectivity index (χ4n) is 2.24. The van der Waals surface area contributed by atoms with Crippen LogP contribution in [0.1, 0.15) is 21.5 Å². The third-order valence-corrected chi connectivity index (χ3v) is 3.18. The van der Waals surface area contributed by atoms with Crippen LogP contribution in [0.4, 0.5) is 0 Å². The molecule has 0 aromatic heterocycles. The van der Waals surface area contributed by atoms with Gasteiger partial charge in [0.05, 0.1) is 12.2 Å². The van der Waals surface area contributed by atoms with Crippen molar-refractivity contribution in [1.82, 2.24) is 4.90 Å². The standard InChI is InChI=1S/C15H17NO4/c1-10-5-11(3-2-4-17)7-12(6-10)15(20)16-8-13(18)14(19)9-16/h5-7,13-14,17-19H,4,8-9H2,1H3. The topological polar surface area (TPSA) is 81.0 Å². The Morgan fingerprint density at radius 1 is 1.30 bits per heavy atom. The van der Waals surface area contributed by atoms with Crippen molar-refractivity contribution in [2.24, 2.45) is 0 Å². The molecule has 1 aromatic rings. The van der Waals surface area contributed by atoms with Crippen LogP contribution < -0.4 is 0 Å². The molecule has 0 spiro atoms. The predicted molar refractivity (Wildman–Crippen MR) is 73.1 cm³/mol. The summed E-state index contributed by atoms with van der Waals surface area (Å²) < 4.78 is 0. The van der Waals surface area contributed by atoms with Crippen LogP contribution in [0.2, 0.25) is 0 Å². The first-order valence-corrected chi connectivity index (χ1v) is 6.38. The van der Waals surface area contributed by atoms with E-state index >= 15 is 0 Å². The Labute approximate surface area is 117 Å². The van der Waals surface area contributed by atoms with Crippen LogP contribution in [0.3, 0.4) is 0 Å². The maximum Gasteiger partial charge on any atom is 0.254 e. The lowest BCUT2D eigenvalue weighted by Gasteiger charge is -2.16. The molecule has 1 amide bonds. The molecule has 1 aliphatic heterocycles. The Kier molecular flexibility index (Phi) is 4.40. The van der Waals surface area contributed by atoms with E-state index < -0.39 is 12.2 Å². The summed E-state index contributed by atoms with van der Waals surface area (Å²) >= 11 is 0. The number of benzene rings is 1. The SMILES string of the molecule is Cc1cc(C#CCO)cc(C(=O)N2CC(O)C(O)C2)c1. The molecule has 0 radical (unpaired) electrons. The number of hydrogen-bond donors (Lipinski definition) is 3. The third kappa shape index (κ3) is 3.17. The molecule has 3 N–H and O–H groups in total. The van der Waals surface area contributed by atoms with E-state index in [1.807, 2.05) is 13.0 Å². The highest BCUT2D eigenvalue weighted by Crippen LogP contribution is 2.16. The smallest absolute Gasteiger partial charge is 0.254 e. The van der Waals surface area contributed by atoms with Gasteiger partial charge in [-0.2, -0.15) is 0 Å². The van der Waals surface area contributed by atoms with Gasteiger partial charge in [0, 0.05) is 24.2 Å². The van der Waals surface area contributed by atoms with E-state index in [2.05, 4.69) is 11.8 Å². The minimum atomic E-state index is -0.891. The molecule has 20 heavy (non-hydrogen) atoms. The monoisotopic (exact) mass is 275 g/mol. The summed E-state index contributed by atoms with van der Waals surface area (Å²) in [5, 5.41) is 27.7. The summed E-state index contributed by atoms with van der Waals surface area (Å²) in [5.41, 5.74) is 2.01. The Hall–Kier alpha value is -1.87. The molecule has 1 aliphatic rings. The van der Waals surface area contributed by atoms with Gasteiger partial charge in [-0.25, -0.2) is 0 Å². The van der Waals surface area contributed by atoms with Crippen molar-refractivity contribution in [1.29, 1.82) is 0 Å². The van der Waals surface area contributed by atoms with Crippen molar-refractivity contribution in [2.75, 3.05) is 19.7 Å². The van der Waals surface area contributed by atoms with E-state index in [4.69, 9.17) is 5.11 Å². The van der Waals surface area contributed by atoms with Crippen LogP contribution in [-0.2, 0) is 0 Å². The fourth-order valence-corrected chi connectivity index (χ4v) is 2.24. The van der Waals surface area contributed by atoms with Crippen LogP contribution in [0.15, 0.2) is 18.2 Å². The Balaban J connectivity index is 2.24. The molecule has 5 nitrogen and oxygen atoms in total. The lowest BCUT2D eigenvalue weighted by atomic mass is 10.1. The number of amides is 1. The van der Waals surface area contributed by atoms with Crippen molar-refractivity contribution < 1.29 is 20.1 Å². The van der Waals surface area contributed by atoms with E-state index in [0.29, 0.717) is 11.1 Å². The molecule has 2 atom stereocenters. The summed E-state index contributed by atoms with van der Waals surface area (Å²) in [6, 6.07) is 5.21. The Bertz CT molecular complexity index is 563. The van der Waals surface area contributed by atoms with Crippen molar-refractivity contribution >= 4 is 5.91 Å². The van der Waals surface area contributed by atoms with Gasteiger partial charge in [-0.3, -0.25) is 4.79 Å². The normalized spacial score (nSPS) is 21.5. The zero-order valence-corrected chi connectivity index (χ0v) is 11.2. The highest BCUT2D eigenvalue weighted by molar-refractivity contribution is 5.95. The van der Waals surface area contributed by atoms with Crippen LogP contribution in [0.5, 0.6) is 0 Å². The Morgan fingerprint density at radius 3 is 2.55 bits per heavy atom. The number of carbonyl (C=O) groups excluding carboxylic acids is 1. The molecular formula is C15H17NO4. The number of likely N-dealkylation sites (tertiary alicyclic amines) is 1. The first kappa shape index (κ1) is 14.5. The minimum absolute atomic E-state index is 0.131. The third-order valence-electron chi connectivity index (χ3n) is 3.18. The predicted octanol–water partition coefficient (Wildman–Crippen LogP) is -0.484. The number of aliphatic hydroxyl groups excluding tert-OH is 3. The number of carbonyl (C=O) groups is 1. The van der Waals surface area contributed by atoms with Gasteiger partial charge < -0.3 is 20.2 Å². The maximum absolute atomic E-state index is 12.3. The summed E-state index contributed by atoms with van der Waals surface area (Å²) in [6.07, 6.45) is -1.78. The summed E-state index contributed by atoms with van der Waals surface area (Å²) in [4.78, 5) is 13.7. The lowest BCUT2D eigenvalue weighted by Crippen LogP contribution is -2.29. The number of rotatable bonds is 1. The summed E-state index contributed by atoms with van der Waals surface area (Å²) in [5.74, 6) is 5.07. The highest BCUT2D eigenvalue weighted by Gasteiger charge is 2.32. The van der Waals surface area contributed by atoms with Gasteiger partial charge in [0.15, 0.2) is 0 Å². The molecule has 1 fully saturated rings. The summed E-state index contributed by atoms with van der Waals surface area (Å²) in [6.45, 7) is 1.88. The van der Waals surface area contributed by atoms with Crippen molar-refractivity contribution in [3.05, 3.63) is 34.9 Å². The van der Waals surface area contributed by atoms with Gasteiger partial charge in [-0.1, -0.05) is 11.8 Å². The van der Waals surface area contributed by atoms with Crippen LogP contribution in [0, 0.1) is 18.8 Å². The second-order valence-corrected chi connectivity index (χ2v) is 4.89. The minimum Gasteiger partial charge on any atom is -0.388 e. The van der Waals surface area contributed by atoms with Gasteiger partial charge in [0.25, 0.3) is 5.91 Å². The average molecular weight is 275 g/mol. The van der Waals surface area contributed by atoms with Crippen molar-refractivity contribution in [2.45, 2.75) is 19.1 Å². The van der Waals surface area contributed by atoms with Crippen LogP contribution >= 0.6 is 0 Å². The largest absolute Gasteiger partial charge is 0.388 e. The molecule has 1 aromatic carbocycles. The highest BCUT2D eigenvalue weighted by atomic mass is 16.3. The fraction of sp³-hybridized carbons (Fsp3) is 0.400. The van der Waals surface area contributed by atoms with E-state index in [9.17, 15) is 15.0 Å². The molecule has 2 rings (SSSR count). The second kappa shape index (κ2) is 6.06. The first-order valence-electron chi connectivity index (χ1n) is 6.38. The zero-order valence-electron chi connectivity index (χ0n) is 11.2. The number of aryl methyl sites for hydroxylation is 1. The van der Waals surface area contributed by atoms with Crippen molar-refractivity contribution in [3.63, 3.8) is 0 Å². The number of nitrogens with zero attached hydrogens (tertiary/aromatic N) is 1. The average Bonchev–Trinajstić information content (AvgIpc) is 2.75. The molecule has 0 bridgehead atoms. The van der Waals surface area contributed by atoms with Crippen molar-refractivity contribution in [3.8, 4) is 11.8 Å². The van der Waals surface area contributed by atoms with Gasteiger partial charge in [0.2, 0.25) is 0 Å². The first-order chi connectivity index (χ1) is 9.51. The van der Waals surface area contributed by atoms with E-state index in [1.165, 1.54) is 4.90 Å². The maximum atomic E-state index is 12.3. The molecule has 1 heterocycles. The second-order valence-electron chi connectivity index (χ2n) is 4.89. The van der Waals surface area contributed by atoms with Gasteiger partial charge in [-0.05, 0) is 30.7 Å². The molecule has 1 saturated heterocycles. The van der Waals surface area contributed by atoms with E-state index in [-0.39, 0.29) is 25.6 Å². The number of aliphatic hydroxyl groups is 3. The summed E-state index contributed by atoms with van der Waals surface area (Å²) in [7, 11) is 0.